The van der Waals surface area contributed by atoms with E-state index in [1.807, 2.05) is 13.8 Å². The van der Waals surface area contributed by atoms with Crippen LogP contribution in [0.25, 0.3) is 0 Å². The predicted molar refractivity (Wildman–Crippen MR) is 64.2 cm³/mol. The summed E-state index contributed by atoms with van der Waals surface area (Å²) in [7, 11) is 0. The molecule has 1 aromatic heterocycles. The Morgan fingerprint density at radius 2 is 2.05 bits per heavy atom. The zero-order chi connectivity index (χ0) is 14.6. The van der Waals surface area contributed by atoms with Crippen molar-refractivity contribution < 1.29 is 18.0 Å². The number of hydrogen-bond donors (Lipinski definition) is 1. The van der Waals surface area contributed by atoms with Gasteiger partial charge in [-0.15, -0.1) is 6.42 Å². The second-order valence-electron chi connectivity index (χ2n) is 4.29. The highest BCUT2D eigenvalue weighted by Crippen LogP contribution is 2.27. The molecule has 0 bridgehead atoms. The average Bonchev–Trinajstić information content (AvgIpc) is 2.34. The Labute approximate surface area is 109 Å². The molecule has 1 N–H and O–H groups in total. The van der Waals surface area contributed by atoms with Crippen molar-refractivity contribution in [3.05, 3.63) is 29.6 Å². The summed E-state index contributed by atoms with van der Waals surface area (Å²) in [5.74, 6) is 1.89. The van der Waals surface area contributed by atoms with Crippen LogP contribution < -0.4 is 5.32 Å². The van der Waals surface area contributed by atoms with Crippen LogP contribution in [-0.4, -0.2) is 16.9 Å². The first kappa shape index (κ1) is 15.0. The average molecular weight is 270 g/mol. The van der Waals surface area contributed by atoms with E-state index in [-0.39, 0.29) is 11.5 Å². The fraction of sp³-hybridized carbons (Fsp3) is 0.385. The van der Waals surface area contributed by atoms with Crippen LogP contribution in [-0.2, 0) is 6.18 Å². The molecule has 0 aromatic carbocycles. The third kappa shape index (κ3) is 3.98. The quantitative estimate of drug-likeness (QED) is 0.857. The van der Waals surface area contributed by atoms with E-state index < -0.39 is 23.8 Å². The van der Waals surface area contributed by atoms with E-state index in [1.54, 1.807) is 0 Å². The molecule has 0 aliphatic carbocycles. The van der Waals surface area contributed by atoms with E-state index in [0.717, 1.165) is 18.3 Å². The normalized spacial score (nSPS) is 12.9. The van der Waals surface area contributed by atoms with Crippen molar-refractivity contribution >= 4 is 5.91 Å². The Kier molecular flexibility index (Phi) is 4.54. The summed E-state index contributed by atoms with van der Waals surface area (Å²) in [6, 6.07) is 1.35. The number of rotatable bonds is 3. The molecule has 0 spiro atoms. The zero-order valence-corrected chi connectivity index (χ0v) is 10.5. The van der Waals surface area contributed by atoms with Crippen LogP contribution >= 0.6 is 0 Å². The molecule has 1 atom stereocenters. The van der Waals surface area contributed by atoms with Gasteiger partial charge in [-0.2, -0.15) is 13.2 Å². The van der Waals surface area contributed by atoms with Crippen LogP contribution in [0.15, 0.2) is 18.3 Å². The van der Waals surface area contributed by atoms with Gasteiger partial charge in [0.2, 0.25) is 0 Å². The predicted octanol–water partition coefficient (Wildman–Crippen LogP) is 2.49. The number of carbonyl (C=O) groups excluding carboxylic acids is 1. The molecular formula is C13H13F3N2O. The fourth-order valence-corrected chi connectivity index (χ4v) is 1.32. The van der Waals surface area contributed by atoms with E-state index in [1.165, 1.54) is 0 Å². The summed E-state index contributed by atoms with van der Waals surface area (Å²) < 4.78 is 36.9. The van der Waals surface area contributed by atoms with Crippen molar-refractivity contribution in [2.24, 2.45) is 5.92 Å². The van der Waals surface area contributed by atoms with Crippen LogP contribution in [0.3, 0.4) is 0 Å². The van der Waals surface area contributed by atoms with Crippen LogP contribution in [0.1, 0.15) is 29.9 Å². The summed E-state index contributed by atoms with van der Waals surface area (Å²) in [6.45, 7) is 3.66. The molecule has 0 aliphatic heterocycles. The van der Waals surface area contributed by atoms with Crippen LogP contribution in [0.4, 0.5) is 13.2 Å². The summed E-state index contributed by atoms with van der Waals surface area (Å²) in [6.07, 6.45) is 1.61. The van der Waals surface area contributed by atoms with Gasteiger partial charge in [0, 0.05) is 6.20 Å². The smallest absolute Gasteiger partial charge is 0.338 e. The number of amides is 1. The molecule has 0 saturated carbocycles. The number of terminal acetylenes is 1. The van der Waals surface area contributed by atoms with Crippen molar-refractivity contribution in [3.8, 4) is 12.3 Å². The highest BCUT2D eigenvalue weighted by atomic mass is 19.4. The number of carbonyl (C=O) groups is 1. The maximum Gasteiger partial charge on any atom is 0.433 e. The lowest BCUT2D eigenvalue weighted by atomic mass is 10.1. The first-order valence-electron chi connectivity index (χ1n) is 5.56. The highest BCUT2D eigenvalue weighted by Gasteiger charge is 2.32. The van der Waals surface area contributed by atoms with Gasteiger partial charge in [0.15, 0.2) is 0 Å². The van der Waals surface area contributed by atoms with E-state index >= 15 is 0 Å². The summed E-state index contributed by atoms with van der Waals surface area (Å²) in [4.78, 5) is 15.0. The molecule has 0 aliphatic rings. The maximum atomic E-state index is 12.3. The first-order chi connectivity index (χ1) is 8.75. The Morgan fingerprint density at radius 3 is 2.42 bits per heavy atom. The molecule has 6 heteroatoms. The lowest BCUT2D eigenvalue weighted by Crippen LogP contribution is -2.37. The highest BCUT2D eigenvalue weighted by molar-refractivity contribution is 5.94. The molecule has 0 saturated heterocycles. The Balaban J connectivity index is 2.82. The number of nitrogens with one attached hydrogen (secondary N) is 1. The van der Waals surface area contributed by atoms with Crippen LogP contribution in [0.5, 0.6) is 0 Å². The van der Waals surface area contributed by atoms with Crippen LogP contribution in [0, 0.1) is 18.3 Å². The number of pyridine rings is 1. The molecule has 1 aromatic rings. The SMILES string of the molecule is C#CC(NC(=O)c1ccc(C(F)(F)F)nc1)C(C)C. The molecule has 1 heterocycles. The van der Waals surface area contributed by atoms with Crippen molar-refractivity contribution in [1.29, 1.82) is 0 Å². The van der Waals surface area contributed by atoms with Crippen molar-refractivity contribution in [1.82, 2.24) is 10.3 Å². The van der Waals surface area contributed by atoms with Crippen molar-refractivity contribution in [2.75, 3.05) is 0 Å². The molecule has 19 heavy (non-hydrogen) atoms. The summed E-state index contributed by atoms with van der Waals surface area (Å²) >= 11 is 0. The minimum absolute atomic E-state index is 0.0244. The minimum atomic E-state index is -4.52. The molecule has 0 radical (unpaired) electrons. The van der Waals surface area contributed by atoms with Gasteiger partial charge in [-0.3, -0.25) is 9.78 Å². The largest absolute Gasteiger partial charge is 0.433 e. The molecule has 1 unspecified atom stereocenters. The number of halogens is 3. The van der Waals surface area contributed by atoms with Gasteiger partial charge in [-0.25, -0.2) is 0 Å². The van der Waals surface area contributed by atoms with E-state index in [4.69, 9.17) is 6.42 Å². The Morgan fingerprint density at radius 1 is 1.42 bits per heavy atom. The third-order valence-corrected chi connectivity index (χ3v) is 2.45. The first-order valence-corrected chi connectivity index (χ1v) is 5.56. The number of aromatic nitrogens is 1. The molecule has 3 nitrogen and oxygen atoms in total. The summed E-state index contributed by atoms with van der Waals surface area (Å²) in [5.41, 5.74) is -1.00. The molecule has 1 rings (SSSR count). The van der Waals surface area contributed by atoms with Gasteiger partial charge in [-0.05, 0) is 18.1 Å². The van der Waals surface area contributed by atoms with E-state index in [2.05, 4.69) is 16.2 Å². The number of alkyl halides is 3. The van der Waals surface area contributed by atoms with Crippen molar-refractivity contribution in [2.45, 2.75) is 26.1 Å². The topological polar surface area (TPSA) is 42.0 Å². The zero-order valence-electron chi connectivity index (χ0n) is 10.5. The third-order valence-electron chi connectivity index (χ3n) is 2.45. The lowest BCUT2D eigenvalue weighted by molar-refractivity contribution is -0.141. The standard InChI is InChI=1S/C13H13F3N2O/c1-4-10(8(2)3)18-12(19)9-5-6-11(17-7-9)13(14,15)16/h1,5-8,10H,2-3H3,(H,18,19). The fourth-order valence-electron chi connectivity index (χ4n) is 1.32. The number of nitrogens with zero attached hydrogens (tertiary/aromatic N) is 1. The molecule has 0 fully saturated rings. The Bertz CT molecular complexity index is 486. The maximum absolute atomic E-state index is 12.3. The second-order valence-corrected chi connectivity index (χ2v) is 4.29. The van der Waals surface area contributed by atoms with Gasteiger partial charge < -0.3 is 5.32 Å². The number of hydrogen-bond acceptors (Lipinski definition) is 2. The molecular weight excluding hydrogens is 257 g/mol. The Hall–Kier alpha value is -2.03. The van der Waals surface area contributed by atoms with Gasteiger partial charge in [-0.1, -0.05) is 19.8 Å². The summed E-state index contributed by atoms with van der Waals surface area (Å²) in [5, 5.41) is 2.54. The van der Waals surface area contributed by atoms with Crippen molar-refractivity contribution in [3.63, 3.8) is 0 Å². The second kappa shape index (κ2) is 5.74. The molecule has 1 amide bonds. The lowest BCUT2D eigenvalue weighted by Gasteiger charge is -2.16. The molecule has 102 valence electrons. The van der Waals surface area contributed by atoms with Gasteiger partial charge in [0.05, 0.1) is 11.6 Å². The van der Waals surface area contributed by atoms with Gasteiger partial charge in [0.1, 0.15) is 5.69 Å². The van der Waals surface area contributed by atoms with Gasteiger partial charge >= 0.3 is 6.18 Å². The van der Waals surface area contributed by atoms with Gasteiger partial charge in [0.25, 0.3) is 5.91 Å². The van der Waals surface area contributed by atoms with E-state index in [9.17, 15) is 18.0 Å². The monoisotopic (exact) mass is 270 g/mol. The van der Waals surface area contributed by atoms with Crippen LogP contribution in [0.2, 0.25) is 0 Å². The minimum Gasteiger partial charge on any atom is -0.338 e. The van der Waals surface area contributed by atoms with E-state index in [0.29, 0.717) is 0 Å².